The smallest absolute Gasteiger partial charge is 0.261 e. The van der Waals surface area contributed by atoms with Crippen LogP contribution in [0.15, 0.2) is 36.7 Å². The zero-order valence-corrected chi connectivity index (χ0v) is 25.2. The largest absolute Gasteiger partial charge is 0.326 e. The number of hydrogen-bond donors (Lipinski definition) is 2. The van der Waals surface area contributed by atoms with Gasteiger partial charge in [0.25, 0.3) is 10.1 Å². The van der Waals surface area contributed by atoms with Crippen molar-refractivity contribution in [2.45, 2.75) is 40.3 Å². The van der Waals surface area contributed by atoms with E-state index in [-0.39, 0.29) is 23.2 Å². The van der Waals surface area contributed by atoms with Crippen molar-refractivity contribution in [2.24, 2.45) is 0 Å². The highest BCUT2D eigenvalue weighted by atomic mass is 32.2. The second-order valence-corrected chi connectivity index (χ2v) is 11.9. The number of aryl methyl sites for hydroxylation is 1. The molecule has 4 aromatic rings. The summed E-state index contributed by atoms with van der Waals surface area (Å²) in [6, 6.07) is 6.94. The Morgan fingerprint density at radius 3 is 2.26 bits per heavy atom. The van der Waals surface area contributed by atoms with Crippen molar-refractivity contribution in [2.75, 3.05) is 44.3 Å². The molecule has 2 N–H and O–H groups in total. The quantitative estimate of drug-likeness (QED) is 0.293. The van der Waals surface area contributed by atoms with Crippen LogP contribution in [0.1, 0.15) is 38.2 Å². The Labute approximate surface area is 244 Å². The van der Waals surface area contributed by atoms with Crippen molar-refractivity contribution >= 4 is 32.9 Å². The fourth-order valence-electron chi connectivity index (χ4n) is 4.92. The molecule has 1 aliphatic heterocycles. The molecular weight excluding hydrogens is 566 g/mol. The lowest BCUT2D eigenvalue weighted by Crippen LogP contribution is -2.45. The lowest BCUT2D eigenvalue weighted by atomic mass is 10.1. The van der Waals surface area contributed by atoms with Crippen LogP contribution in [0.25, 0.3) is 22.3 Å². The minimum absolute atomic E-state index is 0.00954. The topological polar surface area (TPSA) is 129 Å². The van der Waals surface area contributed by atoms with E-state index in [0.717, 1.165) is 51.0 Å². The molecule has 3 aromatic heterocycles. The van der Waals surface area contributed by atoms with E-state index in [4.69, 9.17) is 4.55 Å². The first-order valence-corrected chi connectivity index (χ1v) is 15.5. The van der Waals surface area contributed by atoms with Gasteiger partial charge >= 0.3 is 0 Å². The molecule has 0 aliphatic carbocycles. The Balaban J connectivity index is 0.000000748. The lowest BCUT2D eigenvalue weighted by molar-refractivity contribution is 0.132. The molecule has 1 saturated heterocycles. The van der Waals surface area contributed by atoms with Crippen LogP contribution in [0.3, 0.4) is 0 Å². The molecule has 1 aromatic carbocycles. The van der Waals surface area contributed by atoms with Crippen LogP contribution in [0.5, 0.6) is 0 Å². The van der Waals surface area contributed by atoms with Crippen LogP contribution in [0.2, 0.25) is 0 Å². The van der Waals surface area contributed by atoms with Gasteiger partial charge in [-0.05, 0) is 51.1 Å². The van der Waals surface area contributed by atoms with Gasteiger partial charge in [0.15, 0.2) is 11.6 Å². The zero-order chi connectivity index (χ0) is 30.6. The number of pyridine rings is 1. The van der Waals surface area contributed by atoms with Crippen molar-refractivity contribution in [3.8, 4) is 11.3 Å². The number of piperazine rings is 1. The number of nitrogens with zero attached hydrogens (tertiary/aromatic N) is 7. The monoisotopic (exact) mass is 602 g/mol. The maximum absolute atomic E-state index is 14.9. The second-order valence-electron chi connectivity index (χ2n) is 10.5. The van der Waals surface area contributed by atoms with Crippen LogP contribution < -0.4 is 5.32 Å². The average Bonchev–Trinajstić information content (AvgIpc) is 3.27. The summed E-state index contributed by atoms with van der Waals surface area (Å²) in [4.78, 5) is 22.1. The number of likely N-dealkylation sites (N-methyl/N-ethyl adjacent to an activating group) is 1. The van der Waals surface area contributed by atoms with Gasteiger partial charge in [-0.25, -0.2) is 28.7 Å². The van der Waals surface area contributed by atoms with Gasteiger partial charge < -0.3 is 14.8 Å². The van der Waals surface area contributed by atoms with Crippen LogP contribution in [0, 0.1) is 18.6 Å². The minimum atomic E-state index is -3.67. The van der Waals surface area contributed by atoms with E-state index in [2.05, 4.69) is 42.0 Å². The van der Waals surface area contributed by atoms with Crippen LogP contribution >= 0.6 is 0 Å². The first kappa shape index (κ1) is 31.3. The molecule has 14 heteroatoms. The maximum Gasteiger partial charge on any atom is 0.261 e. The Kier molecular flexibility index (Phi) is 9.82. The third kappa shape index (κ3) is 8.03. The lowest BCUT2D eigenvalue weighted by Gasteiger charge is -2.33. The number of halogens is 2. The standard InChI is InChI=1S/C27H32F2N8.CH4O3S/c1-5-35-8-10-36(11-9-35)16-19-6-7-24(30-14-19)33-27-31-15-22(29)25(34-27)20-12-21(28)26-23(13-20)37(17(2)3)18(4)32-26;1-5(2,3)4/h6-7,12-15,17H,5,8-11,16H2,1-4H3,(H,30,31,33,34);1H3,(H,2,3,4). The molecule has 4 heterocycles. The number of anilines is 2. The Bertz CT molecular complexity index is 1630. The maximum atomic E-state index is 14.9. The summed E-state index contributed by atoms with van der Waals surface area (Å²) in [6.45, 7) is 14.2. The Hall–Kier alpha value is -3.59. The Morgan fingerprint density at radius 2 is 1.67 bits per heavy atom. The summed E-state index contributed by atoms with van der Waals surface area (Å²) in [5.74, 6) is 0.275. The molecule has 42 heavy (non-hydrogen) atoms. The highest BCUT2D eigenvalue weighted by molar-refractivity contribution is 7.85. The third-order valence-corrected chi connectivity index (χ3v) is 6.84. The van der Waals surface area contributed by atoms with Crippen molar-refractivity contribution in [3.05, 3.63) is 59.7 Å². The van der Waals surface area contributed by atoms with Crippen molar-refractivity contribution in [1.82, 2.24) is 34.3 Å². The molecule has 0 atom stereocenters. The summed E-state index contributed by atoms with van der Waals surface area (Å²) >= 11 is 0. The number of benzene rings is 1. The van der Waals surface area contributed by atoms with E-state index < -0.39 is 21.8 Å². The molecule has 5 rings (SSSR count). The predicted molar refractivity (Wildman–Crippen MR) is 158 cm³/mol. The van der Waals surface area contributed by atoms with E-state index >= 15 is 0 Å². The number of imidazole rings is 1. The van der Waals surface area contributed by atoms with E-state index in [1.807, 2.05) is 43.7 Å². The van der Waals surface area contributed by atoms with Crippen LogP contribution in [-0.2, 0) is 16.7 Å². The highest BCUT2D eigenvalue weighted by Crippen LogP contribution is 2.30. The second kappa shape index (κ2) is 13.2. The zero-order valence-electron chi connectivity index (χ0n) is 24.3. The SMILES string of the molecule is CCN1CCN(Cc2ccc(Nc3ncc(F)c(-c4cc(F)c5nc(C)n(C(C)C)c5c4)n3)nc2)CC1.CS(=O)(=O)O. The molecule has 1 fully saturated rings. The number of rotatable bonds is 7. The van der Waals surface area contributed by atoms with Gasteiger partial charge in [0.2, 0.25) is 5.95 Å². The van der Waals surface area contributed by atoms with Crippen molar-refractivity contribution in [1.29, 1.82) is 0 Å². The molecule has 0 amide bonds. The number of nitrogens with one attached hydrogen (secondary N) is 1. The van der Waals surface area contributed by atoms with Crippen LogP contribution in [-0.4, -0.2) is 86.3 Å². The van der Waals surface area contributed by atoms with Gasteiger partial charge in [0.05, 0.1) is 18.0 Å². The molecule has 226 valence electrons. The fourth-order valence-corrected chi connectivity index (χ4v) is 4.92. The normalized spacial score (nSPS) is 14.7. The summed E-state index contributed by atoms with van der Waals surface area (Å²) < 4.78 is 57.5. The van der Waals surface area contributed by atoms with Crippen molar-refractivity contribution < 1.29 is 21.8 Å². The first-order valence-electron chi connectivity index (χ1n) is 13.6. The highest BCUT2D eigenvalue weighted by Gasteiger charge is 2.19. The number of hydrogen-bond acceptors (Lipinski definition) is 9. The van der Waals surface area contributed by atoms with Crippen molar-refractivity contribution in [3.63, 3.8) is 0 Å². The number of fused-ring (bicyclic) bond motifs is 1. The van der Waals surface area contributed by atoms with Gasteiger partial charge in [0.1, 0.15) is 22.9 Å². The predicted octanol–water partition coefficient (Wildman–Crippen LogP) is 4.44. The fraction of sp³-hybridized carbons (Fsp3) is 0.429. The molecule has 0 bridgehead atoms. The van der Waals surface area contributed by atoms with Gasteiger partial charge in [-0.2, -0.15) is 8.42 Å². The summed E-state index contributed by atoms with van der Waals surface area (Å²) in [5.41, 5.74) is 2.32. The average molecular weight is 603 g/mol. The third-order valence-electron chi connectivity index (χ3n) is 6.84. The molecule has 1 aliphatic rings. The summed E-state index contributed by atoms with van der Waals surface area (Å²) in [5, 5.41) is 3.04. The molecule has 0 spiro atoms. The van der Waals surface area contributed by atoms with Gasteiger partial charge in [-0.1, -0.05) is 13.0 Å². The van der Waals surface area contributed by atoms with Gasteiger partial charge in [-0.15, -0.1) is 0 Å². The van der Waals surface area contributed by atoms with E-state index in [1.165, 1.54) is 6.07 Å². The van der Waals surface area contributed by atoms with Crippen LogP contribution in [0.4, 0.5) is 20.5 Å². The summed E-state index contributed by atoms with van der Waals surface area (Å²) in [7, 11) is -3.67. The molecule has 0 unspecified atom stereocenters. The van der Waals surface area contributed by atoms with Gasteiger partial charge in [0, 0.05) is 50.5 Å². The number of aromatic nitrogens is 5. The van der Waals surface area contributed by atoms with E-state index in [9.17, 15) is 17.2 Å². The molecule has 11 nitrogen and oxygen atoms in total. The first-order chi connectivity index (χ1) is 19.8. The molecular formula is C28H36F2N8O3S. The molecule has 0 saturated carbocycles. The summed E-state index contributed by atoms with van der Waals surface area (Å²) in [6.07, 6.45) is 3.63. The minimum Gasteiger partial charge on any atom is -0.326 e. The molecule has 0 radical (unpaired) electrons. The van der Waals surface area contributed by atoms with E-state index in [1.54, 1.807) is 6.07 Å². The Morgan fingerprint density at radius 1 is 1.00 bits per heavy atom. The van der Waals surface area contributed by atoms with Gasteiger partial charge in [-0.3, -0.25) is 9.45 Å². The van der Waals surface area contributed by atoms with E-state index in [0.29, 0.717) is 29.0 Å².